The molecule has 0 fully saturated rings. The van der Waals surface area contributed by atoms with Gasteiger partial charge in [0.1, 0.15) is 0 Å². The summed E-state index contributed by atoms with van der Waals surface area (Å²) in [4.78, 5) is 0. The third kappa shape index (κ3) is 30.8. The fraction of sp³-hybridized carbons (Fsp3) is 0. The van der Waals surface area contributed by atoms with Crippen LogP contribution < -0.4 is 0 Å². The Morgan fingerprint density at radius 1 is 0.600 bits per heavy atom. The Bertz CT molecular complexity index is 6.85. The molecule has 1 radical (unpaired) electrons. The van der Waals surface area contributed by atoms with Gasteiger partial charge in [-0.1, -0.05) is 0 Å². The Hall–Kier alpha value is 1.45. The number of hydrogen-bond donors (Lipinski definition) is 0. The van der Waals surface area contributed by atoms with Crippen LogP contribution in [0.15, 0.2) is 0 Å². The molecule has 0 bridgehead atoms. The molecule has 0 atom stereocenters. The van der Waals surface area contributed by atoms with Crippen LogP contribution in [0.25, 0.3) is 0 Å². The van der Waals surface area contributed by atoms with Gasteiger partial charge in [0, 0.05) is 20.1 Å². The maximum Gasteiger partial charge on any atom is 2.00 e. The average molecular weight is 353 g/mol. The van der Waals surface area contributed by atoms with E-state index in [0.717, 1.165) is 0 Å². The Balaban J connectivity index is 0. The minimum atomic E-state index is 0. The topological polar surface area (TPSA) is 85.5 Å². The zero-order valence-corrected chi connectivity index (χ0v) is 8.70. The zero-order chi connectivity index (χ0) is 0. The van der Waals surface area contributed by atoms with Crippen LogP contribution >= 0.6 is 0 Å². The molecular weight excluding hydrogens is 353 g/mol. The van der Waals surface area contributed by atoms with Crippen molar-refractivity contribution in [3.05, 3.63) is 0 Å². The Morgan fingerprint density at radius 2 is 0.600 bits per heavy atom. The van der Waals surface area contributed by atoms with Crippen LogP contribution in [0.3, 0.4) is 0 Å². The smallest absolute Gasteiger partial charge is 2.00 e. The fourth-order valence-corrected chi connectivity index (χ4v) is 0. The van der Waals surface area contributed by atoms with Crippen LogP contribution in [0.1, 0.15) is 0 Å². The van der Waals surface area contributed by atoms with Crippen LogP contribution in [0.4, 0.5) is 0 Å². The predicted octanol–water partition coefficient (Wildman–Crippen LogP) is -0.361. The summed E-state index contributed by atoms with van der Waals surface area (Å²) < 4.78 is 0. The van der Waals surface area contributed by atoms with Crippen molar-refractivity contribution in [3.63, 3.8) is 0 Å². The van der Waals surface area contributed by atoms with Crippen molar-refractivity contribution < 1.29 is 63.8 Å². The van der Waals surface area contributed by atoms with Gasteiger partial charge in [-0.15, -0.1) is 0 Å². The van der Waals surface area contributed by atoms with E-state index >= 15 is 0 Å². The molecule has 0 aromatic carbocycles. The quantitative estimate of drug-likeness (QED) is 0.533. The van der Waals surface area contributed by atoms with E-state index in [1.54, 1.807) is 0 Å². The molecule has 0 unspecified atom stereocenters. The second-order valence-corrected chi connectivity index (χ2v) is 0. The van der Waals surface area contributed by atoms with Crippen molar-refractivity contribution in [2.45, 2.75) is 0 Å². The summed E-state index contributed by atoms with van der Waals surface area (Å²) in [6.07, 6.45) is 0. The van der Waals surface area contributed by atoms with Gasteiger partial charge in [0.2, 0.25) is 0 Å². The third-order valence-electron chi connectivity index (χ3n) is 0. The van der Waals surface area contributed by atoms with Gasteiger partial charge in [0.05, 0.1) is 0 Å². The van der Waals surface area contributed by atoms with Crippen LogP contribution in [0.5, 0.6) is 0 Å². The molecule has 0 aromatic rings. The summed E-state index contributed by atoms with van der Waals surface area (Å²) in [5.41, 5.74) is 0. The summed E-state index contributed by atoms with van der Waals surface area (Å²) in [6.45, 7) is 0. The molecular formula is CdIrO3-4. The SMILES string of the molecule is [Cd+2].[Ir].[O-2].[O-2].[O-2]. The summed E-state index contributed by atoms with van der Waals surface area (Å²) in [5, 5.41) is 0. The van der Waals surface area contributed by atoms with Crippen LogP contribution in [-0.2, 0) is 63.8 Å². The molecule has 3 nitrogen and oxygen atoms in total. The summed E-state index contributed by atoms with van der Waals surface area (Å²) in [7, 11) is 0. The molecule has 0 spiro atoms. The van der Waals surface area contributed by atoms with E-state index in [-0.39, 0.29) is 63.8 Å². The van der Waals surface area contributed by atoms with Crippen LogP contribution in [0.2, 0.25) is 0 Å². The minimum Gasteiger partial charge on any atom is -2.00 e. The summed E-state index contributed by atoms with van der Waals surface area (Å²) >= 11 is 0. The van der Waals surface area contributed by atoms with Gasteiger partial charge in [-0.3, -0.25) is 0 Å². The molecule has 0 aliphatic heterocycles. The maximum atomic E-state index is 0. The first-order chi connectivity index (χ1) is 0. The van der Waals surface area contributed by atoms with Crippen molar-refractivity contribution in [2.24, 2.45) is 0 Å². The van der Waals surface area contributed by atoms with Crippen molar-refractivity contribution >= 4 is 0 Å². The van der Waals surface area contributed by atoms with E-state index in [1.165, 1.54) is 0 Å². The van der Waals surface area contributed by atoms with E-state index in [4.69, 9.17) is 0 Å². The maximum absolute atomic E-state index is 0. The first kappa shape index (κ1) is 91.0. The van der Waals surface area contributed by atoms with E-state index < -0.39 is 0 Å². The predicted molar refractivity (Wildman–Crippen MR) is 2.06 cm³/mol. The molecule has 0 amide bonds. The average Bonchev–Trinajstić information content (AvgIpc) is 0. The number of rotatable bonds is 0. The van der Waals surface area contributed by atoms with E-state index in [9.17, 15) is 0 Å². The first-order valence-corrected chi connectivity index (χ1v) is 0. The second kappa shape index (κ2) is 51.3. The van der Waals surface area contributed by atoms with Gasteiger partial charge in [-0.2, -0.15) is 0 Å². The van der Waals surface area contributed by atoms with Crippen LogP contribution in [-0.4, -0.2) is 0 Å². The van der Waals surface area contributed by atoms with Crippen molar-refractivity contribution in [1.82, 2.24) is 0 Å². The molecule has 5 heavy (non-hydrogen) atoms. The van der Waals surface area contributed by atoms with Crippen molar-refractivity contribution in [2.75, 3.05) is 0 Å². The van der Waals surface area contributed by atoms with Gasteiger partial charge in [0.25, 0.3) is 0 Å². The van der Waals surface area contributed by atoms with Gasteiger partial charge >= 0.3 is 27.3 Å². The molecule has 5 heteroatoms. The van der Waals surface area contributed by atoms with Crippen LogP contribution in [0, 0.1) is 0 Å². The van der Waals surface area contributed by atoms with Crippen molar-refractivity contribution in [3.8, 4) is 0 Å². The minimum absolute atomic E-state index is 0. The Labute approximate surface area is 63.6 Å². The Kier molecular flexibility index (Phi) is 933. The normalized spacial score (nSPS) is 0. The molecule has 0 aliphatic carbocycles. The van der Waals surface area contributed by atoms with Gasteiger partial charge < -0.3 is 16.4 Å². The van der Waals surface area contributed by atoms with E-state index in [2.05, 4.69) is 0 Å². The van der Waals surface area contributed by atoms with Gasteiger partial charge in [-0.05, 0) is 0 Å². The molecule has 0 rings (SSSR count). The van der Waals surface area contributed by atoms with Gasteiger partial charge in [0.15, 0.2) is 0 Å². The largest absolute Gasteiger partial charge is 2.00 e. The van der Waals surface area contributed by atoms with E-state index in [0.29, 0.717) is 0 Å². The molecule has 33 valence electrons. The zero-order valence-electron chi connectivity index (χ0n) is 2.27. The summed E-state index contributed by atoms with van der Waals surface area (Å²) in [6, 6.07) is 0. The summed E-state index contributed by atoms with van der Waals surface area (Å²) in [5.74, 6) is 0. The second-order valence-electron chi connectivity index (χ2n) is 0. The molecule has 0 saturated heterocycles. The molecule has 0 N–H and O–H groups in total. The number of hydrogen-bond acceptors (Lipinski definition) is 0. The molecule has 0 heterocycles. The van der Waals surface area contributed by atoms with Gasteiger partial charge in [-0.25, -0.2) is 0 Å². The monoisotopic (exact) mass is 355 g/mol. The standard InChI is InChI=1S/Cd.Ir.3O/q+2;;3*-2. The van der Waals surface area contributed by atoms with E-state index in [1.807, 2.05) is 0 Å². The third-order valence-corrected chi connectivity index (χ3v) is 0. The molecule has 0 saturated carbocycles. The molecule has 0 aliphatic rings. The van der Waals surface area contributed by atoms with Crippen molar-refractivity contribution in [1.29, 1.82) is 0 Å². The first-order valence-electron chi connectivity index (χ1n) is 0. The Morgan fingerprint density at radius 3 is 0.600 bits per heavy atom. The fourth-order valence-electron chi connectivity index (χ4n) is 0. The molecule has 0 aromatic heterocycles.